The molecule has 152 valence electrons. The second-order valence-electron chi connectivity index (χ2n) is 8.50. The second-order valence-corrected chi connectivity index (χ2v) is 8.50. The van der Waals surface area contributed by atoms with Crippen LogP contribution < -0.4 is 10.1 Å². The third-order valence-corrected chi connectivity index (χ3v) is 4.94. The summed E-state index contributed by atoms with van der Waals surface area (Å²) in [4.78, 5) is 7.17. The van der Waals surface area contributed by atoms with Gasteiger partial charge in [-0.25, -0.2) is 0 Å². The van der Waals surface area contributed by atoms with Crippen LogP contribution in [0.4, 0.5) is 0 Å². The number of benzene rings is 1. The molecule has 0 radical (unpaired) electrons. The van der Waals surface area contributed by atoms with Crippen molar-refractivity contribution in [3.8, 4) is 5.75 Å². The van der Waals surface area contributed by atoms with E-state index in [2.05, 4.69) is 69.1 Å². The summed E-state index contributed by atoms with van der Waals surface area (Å²) in [5.41, 5.74) is 1.19. The molecule has 0 atom stereocenters. The Balaban J connectivity index is 2.02. The van der Waals surface area contributed by atoms with Crippen molar-refractivity contribution < 1.29 is 9.84 Å². The van der Waals surface area contributed by atoms with Crippen molar-refractivity contribution in [2.45, 2.75) is 59.0 Å². The number of nitrogens with zero attached hydrogens (tertiary/aromatic N) is 2. The van der Waals surface area contributed by atoms with E-state index in [9.17, 15) is 5.11 Å². The standard InChI is InChI=1S/C22H37N3O2/c1-6-23-21(25-13-11-19(26)12-14-25)24-16-22(4,5)18-7-9-20(10-8-18)27-15-17(2)3/h7-10,17,19,26H,6,11-16H2,1-5H3,(H,23,24). The predicted molar refractivity (Wildman–Crippen MR) is 113 cm³/mol. The lowest BCUT2D eigenvalue weighted by Gasteiger charge is -2.33. The topological polar surface area (TPSA) is 57.1 Å². The molecule has 1 aliphatic heterocycles. The van der Waals surface area contributed by atoms with E-state index < -0.39 is 0 Å². The number of ether oxygens (including phenoxy) is 1. The van der Waals surface area contributed by atoms with Gasteiger partial charge in [-0.1, -0.05) is 39.8 Å². The van der Waals surface area contributed by atoms with Crippen LogP contribution in [0.3, 0.4) is 0 Å². The number of aliphatic hydroxyl groups is 1. The third-order valence-electron chi connectivity index (χ3n) is 4.94. The maximum absolute atomic E-state index is 9.74. The normalized spacial score (nSPS) is 16.7. The summed E-state index contributed by atoms with van der Waals surface area (Å²) in [7, 11) is 0. The molecule has 0 aromatic heterocycles. The van der Waals surface area contributed by atoms with Crippen molar-refractivity contribution in [1.82, 2.24) is 10.2 Å². The monoisotopic (exact) mass is 375 g/mol. The van der Waals surface area contributed by atoms with Crippen LogP contribution in [0.2, 0.25) is 0 Å². The van der Waals surface area contributed by atoms with Crippen molar-refractivity contribution in [2.75, 3.05) is 32.8 Å². The molecule has 0 spiro atoms. The van der Waals surface area contributed by atoms with Crippen LogP contribution >= 0.6 is 0 Å². The highest BCUT2D eigenvalue weighted by Gasteiger charge is 2.23. The van der Waals surface area contributed by atoms with Gasteiger partial charge < -0.3 is 20.1 Å². The fourth-order valence-electron chi connectivity index (χ4n) is 3.13. The van der Waals surface area contributed by atoms with E-state index in [0.717, 1.165) is 50.8 Å². The first-order valence-corrected chi connectivity index (χ1v) is 10.3. The fourth-order valence-corrected chi connectivity index (χ4v) is 3.13. The van der Waals surface area contributed by atoms with Crippen molar-refractivity contribution in [3.63, 3.8) is 0 Å². The zero-order chi connectivity index (χ0) is 19.9. The van der Waals surface area contributed by atoms with Gasteiger partial charge in [-0.2, -0.15) is 0 Å². The van der Waals surface area contributed by atoms with Gasteiger partial charge in [-0.15, -0.1) is 0 Å². The summed E-state index contributed by atoms with van der Waals surface area (Å²) in [6.07, 6.45) is 1.45. The molecule has 2 N–H and O–H groups in total. The smallest absolute Gasteiger partial charge is 0.193 e. The number of piperidine rings is 1. The first-order valence-electron chi connectivity index (χ1n) is 10.3. The van der Waals surface area contributed by atoms with Crippen molar-refractivity contribution >= 4 is 5.96 Å². The SMILES string of the molecule is CCNC(=NCC(C)(C)c1ccc(OCC(C)C)cc1)N1CCC(O)CC1. The van der Waals surface area contributed by atoms with Gasteiger partial charge in [0.25, 0.3) is 0 Å². The van der Waals surface area contributed by atoms with Gasteiger partial charge in [-0.3, -0.25) is 4.99 Å². The van der Waals surface area contributed by atoms with Crippen molar-refractivity contribution in [2.24, 2.45) is 10.9 Å². The van der Waals surface area contributed by atoms with E-state index in [4.69, 9.17) is 9.73 Å². The van der Waals surface area contributed by atoms with E-state index in [0.29, 0.717) is 12.5 Å². The largest absolute Gasteiger partial charge is 0.493 e. The van der Waals surface area contributed by atoms with Gasteiger partial charge in [0.2, 0.25) is 0 Å². The molecule has 27 heavy (non-hydrogen) atoms. The number of rotatable bonds is 7. The quantitative estimate of drug-likeness (QED) is 0.566. The molecular weight excluding hydrogens is 338 g/mol. The molecule has 1 aromatic carbocycles. The Morgan fingerprint density at radius 2 is 1.89 bits per heavy atom. The molecule has 1 fully saturated rings. The van der Waals surface area contributed by atoms with Crippen molar-refractivity contribution in [1.29, 1.82) is 0 Å². The highest BCUT2D eigenvalue weighted by molar-refractivity contribution is 5.80. The summed E-state index contributed by atoms with van der Waals surface area (Å²) in [6, 6.07) is 8.41. The van der Waals surface area contributed by atoms with E-state index in [-0.39, 0.29) is 11.5 Å². The Morgan fingerprint density at radius 3 is 2.44 bits per heavy atom. The van der Waals surface area contributed by atoms with Gasteiger partial charge in [0.15, 0.2) is 5.96 Å². The Hall–Kier alpha value is -1.75. The van der Waals surface area contributed by atoms with Crippen LogP contribution in [0, 0.1) is 5.92 Å². The van der Waals surface area contributed by atoms with Crippen molar-refractivity contribution in [3.05, 3.63) is 29.8 Å². The van der Waals surface area contributed by atoms with E-state index >= 15 is 0 Å². The van der Waals surface area contributed by atoms with Gasteiger partial charge >= 0.3 is 0 Å². The maximum Gasteiger partial charge on any atom is 0.193 e. The lowest BCUT2D eigenvalue weighted by Crippen LogP contribution is -2.47. The minimum Gasteiger partial charge on any atom is -0.493 e. The summed E-state index contributed by atoms with van der Waals surface area (Å²) in [5.74, 6) is 2.40. The third kappa shape index (κ3) is 6.73. The summed E-state index contributed by atoms with van der Waals surface area (Å²) in [6.45, 7) is 14.9. The number of aliphatic imine (C=N–C) groups is 1. The van der Waals surface area contributed by atoms with Crippen LogP contribution in [0.15, 0.2) is 29.3 Å². The minimum absolute atomic E-state index is 0.0629. The zero-order valence-corrected chi connectivity index (χ0v) is 17.7. The molecule has 0 unspecified atom stereocenters. The number of hydrogen-bond donors (Lipinski definition) is 2. The Morgan fingerprint density at radius 1 is 1.26 bits per heavy atom. The Kier molecular flexibility index (Phi) is 7.96. The van der Waals surface area contributed by atoms with Gasteiger partial charge in [-0.05, 0) is 43.4 Å². The van der Waals surface area contributed by atoms with Crippen LogP contribution in [-0.2, 0) is 5.41 Å². The number of hydrogen-bond acceptors (Lipinski definition) is 3. The number of nitrogens with one attached hydrogen (secondary N) is 1. The minimum atomic E-state index is -0.169. The zero-order valence-electron chi connectivity index (χ0n) is 17.7. The highest BCUT2D eigenvalue weighted by atomic mass is 16.5. The Bertz CT molecular complexity index is 588. The van der Waals surface area contributed by atoms with E-state index in [1.165, 1.54) is 5.56 Å². The molecule has 0 bridgehead atoms. The fraction of sp³-hybridized carbons (Fsp3) is 0.682. The van der Waals surface area contributed by atoms with Crippen LogP contribution in [0.1, 0.15) is 53.0 Å². The molecule has 5 nitrogen and oxygen atoms in total. The van der Waals surface area contributed by atoms with Crippen LogP contribution in [0.25, 0.3) is 0 Å². The molecule has 0 amide bonds. The molecule has 2 rings (SSSR count). The summed E-state index contributed by atoms with van der Waals surface area (Å²) in [5, 5.41) is 13.1. The molecule has 1 aromatic rings. The number of likely N-dealkylation sites (tertiary alicyclic amines) is 1. The Labute approximate surface area is 164 Å². The average Bonchev–Trinajstić information content (AvgIpc) is 2.64. The molecule has 1 heterocycles. The molecule has 0 saturated carbocycles. The first-order chi connectivity index (χ1) is 12.8. The molecule has 1 saturated heterocycles. The summed E-state index contributed by atoms with van der Waals surface area (Å²) < 4.78 is 5.79. The van der Waals surface area contributed by atoms with E-state index in [1.807, 2.05) is 0 Å². The molecule has 0 aliphatic carbocycles. The lowest BCUT2D eigenvalue weighted by atomic mass is 9.85. The average molecular weight is 376 g/mol. The van der Waals surface area contributed by atoms with Gasteiger partial charge in [0.05, 0.1) is 19.3 Å². The van der Waals surface area contributed by atoms with Crippen LogP contribution in [0.5, 0.6) is 5.75 Å². The summed E-state index contributed by atoms with van der Waals surface area (Å²) >= 11 is 0. The molecular formula is C22H37N3O2. The molecule has 5 heteroatoms. The lowest BCUT2D eigenvalue weighted by molar-refractivity contribution is 0.108. The highest BCUT2D eigenvalue weighted by Crippen LogP contribution is 2.26. The maximum atomic E-state index is 9.74. The first kappa shape index (κ1) is 21.5. The van der Waals surface area contributed by atoms with Gasteiger partial charge in [0, 0.05) is 25.0 Å². The number of aliphatic hydroxyl groups excluding tert-OH is 1. The number of guanidine groups is 1. The van der Waals surface area contributed by atoms with Crippen LogP contribution in [-0.4, -0.2) is 54.9 Å². The second kappa shape index (κ2) is 9.98. The van der Waals surface area contributed by atoms with E-state index in [1.54, 1.807) is 0 Å². The predicted octanol–water partition coefficient (Wildman–Crippen LogP) is 3.42. The van der Waals surface area contributed by atoms with Gasteiger partial charge in [0.1, 0.15) is 5.75 Å². The molecule has 1 aliphatic rings.